The molecule has 0 N–H and O–H groups in total. The highest BCUT2D eigenvalue weighted by molar-refractivity contribution is 14.1. The lowest BCUT2D eigenvalue weighted by atomic mass is 9.83. The van der Waals surface area contributed by atoms with Crippen LogP contribution in [-0.2, 0) is 12.8 Å². The van der Waals surface area contributed by atoms with Crippen LogP contribution in [0.1, 0.15) is 42.4 Å². The zero-order valence-electron chi connectivity index (χ0n) is 9.52. The molecule has 1 spiro atoms. The molecule has 0 bridgehead atoms. The Labute approximate surface area is 120 Å². The van der Waals surface area contributed by atoms with E-state index in [1.807, 2.05) is 6.07 Å². The Kier molecular flexibility index (Phi) is 2.87. The molecule has 0 amide bonds. The van der Waals surface area contributed by atoms with Crippen LogP contribution in [0.15, 0.2) is 6.07 Å². The maximum Gasteiger partial charge on any atom is 0.0995 e. The second-order valence-corrected chi connectivity index (χ2v) is 6.89. The van der Waals surface area contributed by atoms with Gasteiger partial charge in [-0.2, -0.15) is 5.26 Å². The van der Waals surface area contributed by atoms with Crippen LogP contribution in [0.3, 0.4) is 0 Å². The van der Waals surface area contributed by atoms with Gasteiger partial charge in [-0.3, -0.25) is 0 Å². The third-order valence-corrected chi connectivity index (χ3v) is 5.92. The largest absolute Gasteiger partial charge is 0.192 e. The fourth-order valence-corrected chi connectivity index (χ4v) is 4.37. The molecule has 0 aliphatic heterocycles. The van der Waals surface area contributed by atoms with E-state index < -0.39 is 0 Å². The average Bonchev–Trinajstić information content (AvgIpc) is 2.92. The fourth-order valence-electron chi connectivity index (χ4n) is 3.49. The van der Waals surface area contributed by atoms with Crippen LogP contribution >= 0.6 is 34.2 Å². The standard InChI is InChI=1S/C14H13ClIN/c15-13-11-7-14(3-1-2-4-14)6-10(11)9(8-17)5-12(13)16/h5H,1-4,6-7H2. The van der Waals surface area contributed by atoms with E-state index in [-0.39, 0.29) is 0 Å². The molecular weight excluding hydrogens is 345 g/mol. The minimum atomic E-state index is 0.433. The van der Waals surface area contributed by atoms with Gasteiger partial charge in [-0.25, -0.2) is 0 Å². The average molecular weight is 358 g/mol. The summed E-state index contributed by atoms with van der Waals surface area (Å²) in [6.45, 7) is 0. The SMILES string of the molecule is N#Cc1cc(I)c(Cl)c2c1CC1(CCCC1)C2. The molecule has 3 heteroatoms. The second kappa shape index (κ2) is 4.13. The van der Waals surface area contributed by atoms with Gasteiger partial charge in [-0.15, -0.1) is 0 Å². The van der Waals surface area contributed by atoms with E-state index in [0.29, 0.717) is 5.41 Å². The van der Waals surface area contributed by atoms with Gasteiger partial charge >= 0.3 is 0 Å². The number of nitrogens with zero attached hydrogens (tertiary/aromatic N) is 1. The summed E-state index contributed by atoms with van der Waals surface area (Å²) in [5.74, 6) is 0. The van der Waals surface area contributed by atoms with Crippen molar-refractivity contribution in [3.8, 4) is 6.07 Å². The Morgan fingerprint density at radius 2 is 1.88 bits per heavy atom. The molecule has 1 aromatic carbocycles. The number of benzene rings is 1. The van der Waals surface area contributed by atoms with Crippen molar-refractivity contribution in [2.24, 2.45) is 5.41 Å². The molecule has 1 aromatic rings. The minimum Gasteiger partial charge on any atom is -0.192 e. The van der Waals surface area contributed by atoms with Crippen LogP contribution in [0.5, 0.6) is 0 Å². The van der Waals surface area contributed by atoms with Gasteiger partial charge in [0.15, 0.2) is 0 Å². The molecule has 0 unspecified atom stereocenters. The molecule has 0 aromatic heterocycles. The summed E-state index contributed by atoms with van der Waals surface area (Å²) in [7, 11) is 0. The van der Waals surface area contributed by atoms with E-state index >= 15 is 0 Å². The second-order valence-electron chi connectivity index (χ2n) is 5.35. The van der Waals surface area contributed by atoms with Gasteiger partial charge in [0.2, 0.25) is 0 Å². The number of hydrogen-bond acceptors (Lipinski definition) is 1. The van der Waals surface area contributed by atoms with Crippen molar-refractivity contribution in [1.29, 1.82) is 5.26 Å². The highest BCUT2D eigenvalue weighted by atomic mass is 127. The Hall–Kier alpha value is -0.270. The first-order valence-corrected chi connectivity index (χ1v) is 7.51. The molecule has 0 atom stereocenters. The highest BCUT2D eigenvalue weighted by Crippen LogP contribution is 2.51. The Balaban J connectivity index is 2.13. The smallest absolute Gasteiger partial charge is 0.0995 e. The number of halogens is 2. The highest BCUT2D eigenvalue weighted by Gasteiger charge is 2.41. The predicted molar refractivity (Wildman–Crippen MR) is 77.2 cm³/mol. The van der Waals surface area contributed by atoms with E-state index in [4.69, 9.17) is 11.6 Å². The molecular formula is C14H13ClIN. The zero-order chi connectivity index (χ0) is 12.0. The molecule has 1 fully saturated rings. The Morgan fingerprint density at radius 1 is 1.24 bits per heavy atom. The third-order valence-electron chi connectivity index (χ3n) is 4.32. The number of hydrogen-bond donors (Lipinski definition) is 0. The van der Waals surface area contributed by atoms with E-state index in [9.17, 15) is 5.26 Å². The van der Waals surface area contributed by atoms with Gasteiger partial charge in [-0.05, 0) is 70.9 Å². The summed E-state index contributed by atoms with van der Waals surface area (Å²) in [4.78, 5) is 0. The maximum atomic E-state index is 9.25. The molecule has 1 saturated carbocycles. The fraction of sp³-hybridized carbons (Fsp3) is 0.500. The quantitative estimate of drug-likeness (QED) is 0.628. The van der Waals surface area contributed by atoms with Crippen LogP contribution in [-0.4, -0.2) is 0 Å². The molecule has 17 heavy (non-hydrogen) atoms. The summed E-state index contributed by atoms with van der Waals surface area (Å²) in [6, 6.07) is 4.28. The van der Waals surface area contributed by atoms with Crippen molar-refractivity contribution in [3.63, 3.8) is 0 Å². The lowest BCUT2D eigenvalue weighted by Crippen LogP contribution is -2.15. The van der Waals surface area contributed by atoms with Crippen LogP contribution in [0.2, 0.25) is 5.02 Å². The topological polar surface area (TPSA) is 23.8 Å². The van der Waals surface area contributed by atoms with Gasteiger partial charge in [0.25, 0.3) is 0 Å². The van der Waals surface area contributed by atoms with Crippen LogP contribution < -0.4 is 0 Å². The first-order chi connectivity index (χ1) is 8.15. The molecule has 0 saturated heterocycles. The number of rotatable bonds is 0. The van der Waals surface area contributed by atoms with Gasteiger partial charge in [0, 0.05) is 3.57 Å². The molecule has 0 heterocycles. The summed E-state index contributed by atoms with van der Waals surface area (Å²) >= 11 is 8.65. The summed E-state index contributed by atoms with van der Waals surface area (Å²) in [5, 5.41) is 10.1. The van der Waals surface area contributed by atoms with Crippen LogP contribution in [0, 0.1) is 20.3 Å². The van der Waals surface area contributed by atoms with Crippen molar-refractivity contribution >= 4 is 34.2 Å². The first kappa shape index (κ1) is 11.8. The van der Waals surface area contributed by atoms with Gasteiger partial charge < -0.3 is 0 Å². The number of fused-ring (bicyclic) bond motifs is 1. The summed E-state index contributed by atoms with van der Waals surface area (Å²) < 4.78 is 1.02. The predicted octanol–water partition coefficient (Wildman–Crippen LogP) is 4.48. The van der Waals surface area contributed by atoms with E-state index in [1.165, 1.54) is 36.8 Å². The molecule has 2 aliphatic carbocycles. The molecule has 1 nitrogen and oxygen atoms in total. The molecule has 2 aliphatic rings. The van der Waals surface area contributed by atoms with Crippen molar-refractivity contribution in [3.05, 3.63) is 31.3 Å². The summed E-state index contributed by atoms with van der Waals surface area (Å²) in [5.41, 5.74) is 3.77. The number of nitriles is 1. The maximum absolute atomic E-state index is 9.25. The minimum absolute atomic E-state index is 0.433. The normalized spacial score (nSPS) is 20.5. The first-order valence-electron chi connectivity index (χ1n) is 6.05. The van der Waals surface area contributed by atoms with E-state index in [1.54, 1.807) is 0 Å². The van der Waals surface area contributed by atoms with Gasteiger partial charge in [0.1, 0.15) is 0 Å². The van der Waals surface area contributed by atoms with Crippen molar-refractivity contribution in [1.82, 2.24) is 0 Å². The van der Waals surface area contributed by atoms with E-state index in [2.05, 4.69) is 28.7 Å². The molecule has 3 rings (SSSR count). The van der Waals surface area contributed by atoms with Crippen molar-refractivity contribution in [2.75, 3.05) is 0 Å². The van der Waals surface area contributed by atoms with E-state index in [0.717, 1.165) is 27.0 Å². The third kappa shape index (κ3) is 1.79. The van der Waals surface area contributed by atoms with Gasteiger partial charge in [0.05, 0.1) is 16.7 Å². The summed E-state index contributed by atoms with van der Waals surface area (Å²) in [6.07, 6.45) is 7.45. The Bertz CT molecular complexity index is 524. The van der Waals surface area contributed by atoms with Crippen LogP contribution in [0.25, 0.3) is 0 Å². The zero-order valence-corrected chi connectivity index (χ0v) is 12.4. The van der Waals surface area contributed by atoms with Crippen molar-refractivity contribution in [2.45, 2.75) is 38.5 Å². The lowest BCUT2D eigenvalue weighted by Gasteiger charge is -2.21. The van der Waals surface area contributed by atoms with Crippen LogP contribution in [0.4, 0.5) is 0 Å². The molecule has 0 radical (unpaired) electrons. The monoisotopic (exact) mass is 357 g/mol. The molecule has 88 valence electrons. The van der Waals surface area contributed by atoms with Gasteiger partial charge in [-0.1, -0.05) is 24.4 Å². The van der Waals surface area contributed by atoms with Crippen molar-refractivity contribution < 1.29 is 0 Å². The Morgan fingerprint density at radius 3 is 2.53 bits per heavy atom. The lowest BCUT2D eigenvalue weighted by molar-refractivity contribution is 0.318.